The number of nitrogens with one attached hydrogen (secondary N) is 1. The molecule has 1 aliphatic rings. The average Bonchev–Trinajstić information content (AvgIpc) is 3.02. The highest BCUT2D eigenvalue weighted by atomic mass is 19.4. The normalized spacial score (nSPS) is 20.1. The van der Waals surface area contributed by atoms with Gasteiger partial charge in [-0.15, -0.1) is 0 Å². The summed E-state index contributed by atoms with van der Waals surface area (Å²) >= 11 is 0. The molecule has 0 bridgehead atoms. The quantitative estimate of drug-likeness (QED) is 0.656. The van der Waals surface area contributed by atoms with Crippen molar-refractivity contribution in [2.24, 2.45) is 7.05 Å². The molecule has 2 heterocycles. The van der Waals surface area contributed by atoms with E-state index in [2.05, 4.69) is 10.4 Å². The second-order valence-electron chi connectivity index (χ2n) is 6.57. The molecule has 3 rings (SSSR count). The van der Waals surface area contributed by atoms with Crippen molar-refractivity contribution in [2.75, 3.05) is 0 Å². The van der Waals surface area contributed by atoms with E-state index < -0.39 is 52.4 Å². The zero-order valence-corrected chi connectivity index (χ0v) is 15.3. The van der Waals surface area contributed by atoms with E-state index >= 15 is 4.39 Å². The maximum Gasteiger partial charge on any atom is 0.435 e. The third-order valence-electron chi connectivity index (χ3n) is 4.57. The number of halogens is 8. The molecular formula is C18H13F8N3O. The summed E-state index contributed by atoms with van der Waals surface area (Å²) in [7, 11) is 1.12. The zero-order valence-electron chi connectivity index (χ0n) is 15.3. The highest BCUT2D eigenvalue weighted by Gasteiger charge is 2.44. The Hall–Kier alpha value is -3.05. The largest absolute Gasteiger partial charge is 0.435 e. The Kier molecular flexibility index (Phi) is 5.07. The molecule has 0 saturated heterocycles. The van der Waals surface area contributed by atoms with Gasteiger partial charge in [0.05, 0.1) is 5.56 Å². The molecule has 2 aromatic rings. The monoisotopic (exact) mass is 439 g/mol. The molecule has 1 aromatic carbocycles. The van der Waals surface area contributed by atoms with E-state index in [1.807, 2.05) is 0 Å². The second kappa shape index (κ2) is 7.03. The summed E-state index contributed by atoms with van der Waals surface area (Å²) in [5.41, 5.74) is -4.62. The fourth-order valence-corrected chi connectivity index (χ4v) is 2.79. The Morgan fingerprint density at radius 3 is 2.10 bits per heavy atom. The third kappa shape index (κ3) is 3.73. The van der Waals surface area contributed by atoms with Gasteiger partial charge in [-0.25, -0.2) is 13.5 Å². The highest BCUT2D eigenvalue weighted by molar-refractivity contribution is 5.45. The number of rotatable bonds is 3. The number of aromatic nitrogens is 2. The van der Waals surface area contributed by atoms with E-state index in [1.165, 1.54) is 0 Å². The van der Waals surface area contributed by atoms with Crippen LogP contribution in [0.15, 0.2) is 54.1 Å². The number of ether oxygens (including phenoxy) is 1. The maximum absolute atomic E-state index is 15.2. The van der Waals surface area contributed by atoms with Crippen LogP contribution in [0, 0.1) is 0 Å². The van der Waals surface area contributed by atoms with Crippen molar-refractivity contribution < 1.29 is 39.9 Å². The van der Waals surface area contributed by atoms with Gasteiger partial charge in [0.1, 0.15) is 11.2 Å². The first-order chi connectivity index (χ1) is 13.7. The lowest BCUT2D eigenvalue weighted by Crippen LogP contribution is -2.34. The fraction of sp³-hybridized carbons (Fsp3) is 0.278. The number of hydrogen-bond acceptors (Lipinski definition) is 3. The number of nitrogens with zero attached hydrogens (tertiary/aromatic N) is 2. The summed E-state index contributed by atoms with van der Waals surface area (Å²) in [4.78, 5) is 0. The third-order valence-corrected chi connectivity index (χ3v) is 4.57. The number of benzene rings is 1. The van der Waals surface area contributed by atoms with Gasteiger partial charge in [-0.1, -0.05) is 12.1 Å². The van der Waals surface area contributed by atoms with Crippen LogP contribution < -0.4 is 10.1 Å². The molecule has 1 unspecified atom stereocenters. The molecule has 1 aromatic heterocycles. The first kappa shape index (κ1) is 21.7. The van der Waals surface area contributed by atoms with Crippen LogP contribution in [0.3, 0.4) is 0 Å². The summed E-state index contributed by atoms with van der Waals surface area (Å²) in [6.07, 6.45) is -8.70. The average molecular weight is 439 g/mol. The van der Waals surface area contributed by atoms with Crippen LogP contribution in [0.5, 0.6) is 5.88 Å². The number of aryl methyl sites for hydroxylation is 1. The summed E-state index contributed by atoms with van der Waals surface area (Å²) in [6.45, 7) is 1.06. The van der Waals surface area contributed by atoms with Crippen LogP contribution in [0.25, 0.3) is 0 Å². The number of dihydropyridines is 1. The Balaban J connectivity index is 1.99. The zero-order chi connectivity index (χ0) is 22.5. The molecule has 162 valence electrons. The predicted octanol–water partition coefficient (Wildman–Crippen LogP) is 5.35. The maximum atomic E-state index is 15.2. The van der Waals surface area contributed by atoms with E-state index in [0.29, 0.717) is 29.1 Å². The van der Waals surface area contributed by atoms with Crippen LogP contribution in [-0.2, 0) is 24.8 Å². The molecule has 0 fully saturated rings. The lowest BCUT2D eigenvalue weighted by atomic mass is 9.78. The molecule has 0 spiro atoms. The summed E-state index contributed by atoms with van der Waals surface area (Å²) in [5.74, 6) is -3.58. The molecule has 1 N–H and O–H groups in total. The Labute approximate surface area is 164 Å². The van der Waals surface area contributed by atoms with Gasteiger partial charge >= 0.3 is 12.4 Å². The lowest BCUT2D eigenvalue weighted by molar-refractivity contribution is -0.141. The van der Waals surface area contributed by atoms with Gasteiger partial charge in [0, 0.05) is 19.3 Å². The minimum absolute atomic E-state index is 0.162. The van der Waals surface area contributed by atoms with E-state index in [9.17, 15) is 30.7 Å². The Morgan fingerprint density at radius 1 is 1.00 bits per heavy atom. The fourth-order valence-electron chi connectivity index (χ4n) is 2.79. The summed E-state index contributed by atoms with van der Waals surface area (Å²) in [5, 5.41) is 5.36. The molecule has 30 heavy (non-hydrogen) atoms. The number of allylic oxidation sites excluding steroid dienone is 2. The van der Waals surface area contributed by atoms with Crippen LogP contribution in [-0.4, -0.2) is 9.78 Å². The van der Waals surface area contributed by atoms with E-state index in [0.717, 1.165) is 26.1 Å². The van der Waals surface area contributed by atoms with Crippen LogP contribution in [0.2, 0.25) is 0 Å². The van der Waals surface area contributed by atoms with Crippen molar-refractivity contribution in [3.63, 3.8) is 0 Å². The van der Waals surface area contributed by atoms with Gasteiger partial charge in [0.2, 0.25) is 11.8 Å². The topological polar surface area (TPSA) is 39.1 Å². The standard InChI is InChI=1S/C18H13F8N3O/c1-16(9-3-5-10(6-4-9)17(21,22)23)11(19)8-27-15(14(16)20)30-13-7-12(18(24,25)26)28-29(13)2/h3-8,27H,1-2H3. The van der Waals surface area contributed by atoms with Gasteiger partial charge in [0.25, 0.3) is 0 Å². The van der Waals surface area contributed by atoms with E-state index in [1.54, 1.807) is 0 Å². The molecular weight excluding hydrogens is 426 g/mol. The minimum Gasteiger partial charge on any atom is -0.420 e. The van der Waals surface area contributed by atoms with Gasteiger partial charge in [-0.3, -0.25) is 0 Å². The molecule has 1 atom stereocenters. The van der Waals surface area contributed by atoms with Gasteiger partial charge in [-0.2, -0.15) is 31.4 Å². The Bertz CT molecular complexity index is 1020. The molecule has 12 heteroatoms. The first-order valence-electron chi connectivity index (χ1n) is 8.24. The molecule has 0 radical (unpaired) electrons. The van der Waals surface area contributed by atoms with E-state index in [-0.39, 0.29) is 5.56 Å². The lowest BCUT2D eigenvalue weighted by Gasteiger charge is -2.31. The van der Waals surface area contributed by atoms with Crippen LogP contribution in [0.1, 0.15) is 23.7 Å². The summed E-state index contributed by atoms with van der Waals surface area (Å²) < 4.78 is 112. The Morgan fingerprint density at radius 2 is 1.60 bits per heavy atom. The molecule has 0 aliphatic carbocycles. The number of alkyl halides is 6. The van der Waals surface area contributed by atoms with Crippen LogP contribution >= 0.6 is 0 Å². The molecule has 1 aliphatic heterocycles. The SMILES string of the molecule is Cn1nc(C(F)(F)F)cc1OC1=C(F)C(C)(c2ccc(C(F)(F)F)cc2)C(F)=CN1. The smallest absolute Gasteiger partial charge is 0.420 e. The van der Waals surface area contributed by atoms with Crippen LogP contribution in [0.4, 0.5) is 35.1 Å². The van der Waals surface area contributed by atoms with Crippen molar-refractivity contribution in [1.29, 1.82) is 0 Å². The van der Waals surface area contributed by atoms with Crippen molar-refractivity contribution in [3.8, 4) is 5.88 Å². The predicted molar refractivity (Wildman–Crippen MR) is 88.1 cm³/mol. The van der Waals surface area contributed by atoms with Gasteiger partial charge < -0.3 is 10.1 Å². The number of hydrogen-bond donors (Lipinski definition) is 1. The van der Waals surface area contributed by atoms with Gasteiger partial charge in [0.15, 0.2) is 11.5 Å². The summed E-state index contributed by atoms with van der Waals surface area (Å²) in [6, 6.07) is 3.67. The van der Waals surface area contributed by atoms with Crippen molar-refractivity contribution >= 4 is 0 Å². The van der Waals surface area contributed by atoms with E-state index in [4.69, 9.17) is 4.74 Å². The first-order valence-corrected chi connectivity index (χ1v) is 8.24. The highest BCUT2D eigenvalue weighted by Crippen LogP contribution is 2.44. The second-order valence-corrected chi connectivity index (χ2v) is 6.57. The minimum atomic E-state index is -4.77. The van der Waals surface area contributed by atoms with Gasteiger partial charge in [-0.05, 0) is 24.6 Å². The van der Waals surface area contributed by atoms with Crippen molar-refractivity contribution in [2.45, 2.75) is 24.7 Å². The molecule has 0 amide bonds. The molecule has 0 saturated carbocycles. The van der Waals surface area contributed by atoms with Crippen molar-refractivity contribution in [3.05, 3.63) is 70.9 Å². The molecule has 4 nitrogen and oxygen atoms in total. The van der Waals surface area contributed by atoms with Crippen molar-refractivity contribution in [1.82, 2.24) is 15.1 Å².